The van der Waals surface area contributed by atoms with Crippen molar-refractivity contribution in [3.05, 3.63) is 23.8 Å². The van der Waals surface area contributed by atoms with Gasteiger partial charge in [0.1, 0.15) is 17.1 Å². The Balaban J connectivity index is 2.34. The van der Waals surface area contributed by atoms with Gasteiger partial charge >= 0.3 is 0 Å². The second kappa shape index (κ2) is 6.61. The Morgan fingerprint density at radius 1 is 1.30 bits per heavy atom. The highest BCUT2D eigenvalue weighted by molar-refractivity contribution is 6.00. The number of amides is 1. The summed E-state index contributed by atoms with van der Waals surface area (Å²) in [6.45, 7) is 0.296. The van der Waals surface area contributed by atoms with Crippen molar-refractivity contribution in [2.45, 2.75) is 25.3 Å². The van der Waals surface area contributed by atoms with E-state index in [1.54, 1.807) is 23.1 Å². The smallest absolute Gasteiger partial charge is 0.261 e. The maximum absolute atomic E-state index is 12.8. The van der Waals surface area contributed by atoms with E-state index in [9.17, 15) is 9.90 Å². The minimum atomic E-state index is -0.141. The van der Waals surface area contributed by atoms with Crippen molar-refractivity contribution in [1.29, 1.82) is 0 Å². The van der Waals surface area contributed by atoms with Gasteiger partial charge in [-0.3, -0.25) is 4.79 Å². The number of methoxy groups -OCH3 is 2. The van der Waals surface area contributed by atoms with Crippen molar-refractivity contribution in [2.75, 3.05) is 27.4 Å². The molecule has 20 heavy (non-hydrogen) atoms. The zero-order valence-corrected chi connectivity index (χ0v) is 12.0. The average molecular weight is 279 g/mol. The standard InChI is InChI=1S/C15H21NO4/c1-19-12-7-4-8-13(20-2)14(12)15(18)16(9-10-17)11-5-3-6-11/h4,7-8,11,17H,3,5-6,9-10H2,1-2H3. The van der Waals surface area contributed by atoms with Crippen LogP contribution in [0.15, 0.2) is 18.2 Å². The van der Waals surface area contributed by atoms with Crippen LogP contribution in [0.1, 0.15) is 29.6 Å². The van der Waals surface area contributed by atoms with Crippen LogP contribution in [0.25, 0.3) is 0 Å². The van der Waals surface area contributed by atoms with E-state index in [-0.39, 0.29) is 18.6 Å². The maximum Gasteiger partial charge on any atom is 0.261 e. The third-order valence-electron chi connectivity index (χ3n) is 3.76. The monoisotopic (exact) mass is 279 g/mol. The first-order valence-electron chi connectivity index (χ1n) is 6.85. The maximum atomic E-state index is 12.8. The summed E-state index contributed by atoms with van der Waals surface area (Å²) in [4.78, 5) is 14.5. The molecule has 2 rings (SSSR count). The molecule has 1 aromatic carbocycles. The fourth-order valence-electron chi connectivity index (χ4n) is 2.46. The molecule has 1 aliphatic rings. The molecule has 1 N–H and O–H groups in total. The number of ether oxygens (including phenoxy) is 2. The largest absolute Gasteiger partial charge is 0.496 e. The van der Waals surface area contributed by atoms with Crippen molar-refractivity contribution in [1.82, 2.24) is 4.90 Å². The van der Waals surface area contributed by atoms with Crippen LogP contribution < -0.4 is 9.47 Å². The number of aliphatic hydroxyl groups excluding tert-OH is 1. The van der Waals surface area contributed by atoms with Gasteiger partial charge in [0.25, 0.3) is 5.91 Å². The topological polar surface area (TPSA) is 59.0 Å². The molecule has 0 unspecified atom stereocenters. The molecular weight excluding hydrogens is 258 g/mol. The van der Waals surface area contributed by atoms with E-state index >= 15 is 0 Å². The van der Waals surface area contributed by atoms with Gasteiger partial charge in [0, 0.05) is 12.6 Å². The molecule has 0 spiro atoms. The third kappa shape index (κ3) is 2.72. The number of hydrogen-bond donors (Lipinski definition) is 1. The molecular formula is C15H21NO4. The highest BCUT2D eigenvalue weighted by Crippen LogP contribution is 2.33. The lowest BCUT2D eigenvalue weighted by atomic mass is 9.91. The molecule has 1 aromatic rings. The molecule has 0 atom stereocenters. The minimum absolute atomic E-state index is 0.0420. The Labute approximate surface area is 119 Å². The van der Waals surface area contributed by atoms with Crippen LogP contribution in [0.5, 0.6) is 11.5 Å². The van der Waals surface area contributed by atoms with E-state index in [4.69, 9.17) is 9.47 Å². The number of carbonyl (C=O) groups is 1. The average Bonchev–Trinajstić information content (AvgIpc) is 2.43. The summed E-state index contributed by atoms with van der Waals surface area (Å²) in [6, 6.07) is 5.49. The molecule has 5 heteroatoms. The molecule has 0 bridgehead atoms. The molecule has 0 saturated heterocycles. The van der Waals surface area contributed by atoms with Crippen molar-refractivity contribution >= 4 is 5.91 Å². The first-order valence-corrected chi connectivity index (χ1v) is 6.85. The minimum Gasteiger partial charge on any atom is -0.496 e. The molecule has 0 radical (unpaired) electrons. The Morgan fingerprint density at radius 3 is 2.30 bits per heavy atom. The van der Waals surface area contributed by atoms with Gasteiger partial charge in [0.2, 0.25) is 0 Å². The van der Waals surface area contributed by atoms with Gasteiger partial charge in [-0.25, -0.2) is 0 Å². The summed E-state index contributed by atoms with van der Waals surface area (Å²) < 4.78 is 10.6. The van der Waals surface area contributed by atoms with Crippen molar-refractivity contribution in [3.8, 4) is 11.5 Å². The Kier molecular flexibility index (Phi) is 4.84. The molecule has 0 aliphatic heterocycles. The van der Waals surface area contributed by atoms with Crippen LogP contribution in [0, 0.1) is 0 Å². The molecule has 1 fully saturated rings. The van der Waals surface area contributed by atoms with Crippen LogP contribution in [-0.4, -0.2) is 49.3 Å². The predicted octanol–water partition coefficient (Wildman–Crippen LogP) is 1.69. The number of carbonyl (C=O) groups excluding carboxylic acids is 1. The number of aliphatic hydroxyl groups is 1. The number of rotatable bonds is 6. The zero-order valence-electron chi connectivity index (χ0n) is 12.0. The number of benzene rings is 1. The van der Waals surface area contributed by atoms with Crippen LogP contribution in [0.2, 0.25) is 0 Å². The van der Waals surface area contributed by atoms with Crippen molar-refractivity contribution in [2.24, 2.45) is 0 Å². The first kappa shape index (κ1) is 14.7. The summed E-state index contributed by atoms with van der Waals surface area (Å²) in [6.07, 6.45) is 3.11. The highest BCUT2D eigenvalue weighted by atomic mass is 16.5. The van der Waals surface area contributed by atoms with Crippen LogP contribution in [0.4, 0.5) is 0 Å². The van der Waals surface area contributed by atoms with E-state index in [1.807, 2.05) is 0 Å². The molecule has 5 nitrogen and oxygen atoms in total. The Hall–Kier alpha value is -1.75. The summed E-state index contributed by atoms with van der Waals surface area (Å²) in [5.41, 5.74) is 0.429. The fraction of sp³-hybridized carbons (Fsp3) is 0.533. The normalized spacial score (nSPS) is 14.6. The second-order valence-electron chi connectivity index (χ2n) is 4.84. The lowest BCUT2D eigenvalue weighted by molar-refractivity contribution is 0.0519. The van der Waals surface area contributed by atoms with Gasteiger partial charge in [-0.2, -0.15) is 0 Å². The lowest BCUT2D eigenvalue weighted by Crippen LogP contribution is -2.45. The van der Waals surface area contributed by atoms with Gasteiger partial charge < -0.3 is 19.5 Å². The van der Waals surface area contributed by atoms with Gasteiger partial charge in [-0.1, -0.05) is 6.07 Å². The van der Waals surface area contributed by atoms with Crippen molar-refractivity contribution in [3.63, 3.8) is 0 Å². The summed E-state index contributed by atoms with van der Waals surface area (Å²) in [7, 11) is 3.07. The quantitative estimate of drug-likeness (QED) is 0.861. The predicted molar refractivity (Wildman–Crippen MR) is 75.3 cm³/mol. The Bertz CT molecular complexity index is 449. The zero-order chi connectivity index (χ0) is 14.5. The molecule has 1 aliphatic carbocycles. The van der Waals surface area contributed by atoms with E-state index in [0.29, 0.717) is 23.6 Å². The third-order valence-corrected chi connectivity index (χ3v) is 3.76. The van der Waals surface area contributed by atoms with Gasteiger partial charge in [-0.05, 0) is 31.4 Å². The molecule has 1 saturated carbocycles. The second-order valence-corrected chi connectivity index (χ2v) is 4.84. The fourth-order valence-corrected chi connectivity index (χ4v) is 2.46. The van der Waals surface area contributed by atoms with E-state index in [2.05, 4.69) is 0 Å². The summed E-state index contributed by atoms with van der Waals surface area (Å²) >= 11 is 0. The summed E-state index contributed by atoms with van der Waals surface area (Å²) in [5, 5.41) is 9.20. The van der Waals surface area contributed by atoms with Gasteiger partial charge in [0.05, 0.1) is 20.8 Å². The first-order chi connectivity index (χ1) is 9.72. The van der Waals surface area contributed by atoms with Crippen LogP contribution >= 0.6 is 0 Å². The number of hydrogen-bond acceptors (Lipinski definition) is 4. The van der Waals surface area contributed by atoms with E-state index < -0.39 is 0 Å². The SMILES string of the molecule is COc1cccc(OC)c1C(=O)N(CCO)C1CCC1. The van der Waals surface area contributed by atoms with Crippen LogP contribution in [0.3, 0.4) is 0 Å². The highest BCUT2D eigenvalue weighted by Gasteiger charge is 2.32. The molecule has 1 amide bonds. The van der Waals surface area contributed by atoms with Crippen LogP contribution in [-0.2, 0) is 0 Å². The van der Waals surface area contributed by atoms with Crippen molar-refractivity contribution < 1.29 is 19.4 Å². The number of nitrogens with zero attached hydrogens (tertiary/aromatic N) is 1. The van der Waals surface area contributed by atoms with Gasteiger partial charge in [-0.15, -0.1) is 0 Å². The molecule has 110 valence electrons. The molecule has 0 heterocycles. The molecule has 0 aromatic heterocycles. The summed E-state index contributed by atoms with van der Waals surface area (Å²) in [5.74, 6) is 0.853. The Morgan fingerprint density at radius 2 is 1.90 bits per heavy atom. The lowest BCUT2D eigenvalue weighted by Gasteiger charge is -2.37. The van der Waals surface area contributed by atoms with E-state index in [0.717, 1.165) is 19.3 Å². The van der Waals surface area contributed by atoms with E-state index in [1.165, 1.54) is 14.2 Å². The van der Waals surface area contributed by atoms with Gasteiger partial charge in [0.15, 0.2) is 0 Å².